The zero-order valence-electron chi connectivity index (χ0n) is 14.1. The first kappa shape index (κ1) is 20.0. The van der Waals surface area contributed by atoms with Crippen LogP contribution in [0.2, 0.25) is 10.0 Å². The SMILES string of the molecule is C=CCN(CC=C)c1c(Cl)cc(C(O)CNC(C)(C)C)cc1Cl. The molecule has 128 valence electrons. The van der Waals surface area contributed by atoms with Crippen molar-refractivity contribution >= 4 is 28.9 Å². The van der Waals surface area contributed by atoms with Crippen LogP contribution in [0.4, 0.5) is 5.69 Å². The van der Waals surface area contributed by atoms with E-state index in [9.17, 15) is 5.11 Å². The van der Waals surface area contributed by atoms with Crippen LogP contribution < -0.4 is 10.2 Å². The highest BCUT2D eigenvalue weighted by Crippen LogP contribution is 2.36. The second kappa shape index (κ2) is 8.74. The van der Waals surface area contributed by atoms with Crippen molar-refractivity contribution in [1.29, 1.82) is 0 Å². The predicted octanol–water partition coefficient (Wildman–Crippen LogP) is 4.59. The Hall–Kier alpha value is -1.00. The van der Waals surface area contributed by atoms with Crippen molar-refractivity contribution in [3.8, 4) is 0 Å². The molecular weight excluding hydrogens is 331 g/mol. The summed E-state index contributed by atoms with van der Waals surface area (Å²) in [4.78, 5) is 1.98. The lowest BCUT2D eigenvalue weighted by atomic mass is 10.1. The van der Waals surface area contributed by atoms with Crippen LogP contribution in [-0.2, 0) is 0 Å². The highest BCUT2D eigenvalue weighted by molar-refractivity contribution is 6.39. The van der Waals surface area contributed by atoms with Gasteiger partial charge in [0.2, 0.25) is 0 Å². The standard InChI is InChI=1S/C18H26Cl2N2O/c1-6-8-22(9-7-2)17-14(19)10-13(11-15(17)20)16(23)12-21-18(3,4)5/h6-7,10-11,16,21,23H,1-2,8-9,12H2,3-5H3. The lowest BCUT2D eigenvalue weighted by Gasteiger charge is -2.26. The van der Waals surface area contributed by atoms with E-state index in [2.05, 4.69) is 18.5 Å². The molecule has 0 spiro atoms. The highest BCUT2D eigenvalue weighted by atomic mass is 35.5. The molecule has 0 saturated carbocycles. The van der Waals surface area contributed by atoms with Crippen LogP contribution in [0.25, 0.3) is 0 Å². The Morgan fingerprint density at radius 3 is 2.04 bits per heavy atom. The van der Waals surface area contributed by atoms with E-state index in [1.165, 1.54) is 0 Å². The van der Waals surface area contributed by atoms with Gasteiger partial charge in [-0.3, -0.25) is 0 Å². The number of aliphatic hydroxyl groups excluding tert-OH is 1. The van der Waals surface area contributed by atoms with Crippen molar-refractivity contribution < 1.29 is 5.11 Å². The molecule has 0 fully saturated rings. The monoisotopic (exact) mass is 356 g/mol. The summed E-state index contributed by atoms with van der Waals surface area (Å²) in [6, 6.07) is 3.52. The van der Waals surface area contributed by atoms with Crippen molar-refractivity contribution in [2.45, 2.75) is 32.4 Å². The van der Waals surface area contributed by atoms with Crippen molar-refractivity contribution in [3.63, 3.8) is 0 Å². The number of anilines is 1. The maximum atomic E-state index is 10.3. The Morgan fingerprint density at radius 1 is 1.17 bits per heavy atom. The molecule has 1 atom stereocenters. The highest BCUT2D eigenvalue weighted by Gasteiger charge is 2.18. The molecule has 3 nitrogen and oxygen atoms in total. The molecule has 0 aliphatic heterocycles. The lowest BCUT2D eigenvalue weighted by Crippen LogP contribution is -2.38. The first-order valence-corrected chi connectivity index (χ1v) is 8.34. The molecule has 0 heterocycles. The summed E-state index contributed by atoms with van der Waals surface area (Å²) in [7, 11) is 0. The zero-order valence-corrected chi connectivity index (χ0v) is 15.6. The minimum Gasteiger partial charge on any atom is -0.387 e. The average Bonchev–Trinajstić information content (AvgIpc) is 2.43. The van der Waals surface area contributed by atoms with Gasteiger partial charge in [-0.1, -0.05) is 35.4 Å². The minimum absolute atomic E-state index is 0.0702. The van der Waals surface area contributed by atoms with E-state index in [4.69, 9.17) is 23.2 Å². The van der Waals surface area contributed by atoms with E-state index in [1.807, 2.05) is 25.7 Å². The quantitative estimate of drug-likeness (QED) is 0.668. The Balaban J connectivity index is 3.04. The summed E-state index contributed by atoms with van der Waals surface area (Å²) in [5.41, 5.74) is 1.35. The third kappa shape index (κ3) is 6.19. The number of β-amino-alcohol motifs (C(OH)–C–C–N with tert-alkyl or cyclic N) is 1. The van der Waals surface area contributed by atoms with Gasteiger partial charge in [0.15, 0.2) is 0 Å². The van der Waals surface area contributed by atoms with E-state index >= 15 is 0 Å². The lowest BCUT2D eigenvalue weighted by molar-refractivity contribution is 0.163. The van der Waals surface area contributed by atoms with Gasteiger partial charge in [0.05, 0.1) is 21.8 Å². The molecule has 0 aliphatic carbocycles. The molecule has 2 N–H and O–H groups in total. The van der Waals surface area contributed by atoms with E-state index in [-0.39, 0.29) is 5.54 Å². The fourth-order valence-electron chi connectivity index (χ4n) is 2.17. The fraction of sp³-hybridized carbons (Fsp3) is 0.444. The second-order valence-electron chi connectivity index (χ2n) is 6.46. The van der Waals surface area contributed by atoms with Crippen molar-refractivity contribution in [1.82, 2.24) is 5.32 Å². The summed E-state index contributed by atoms with van der Waals surface area (Å²) in [6.45, 7) is 15.3. The van der Waals surface area contributed by atoms with Crippen molar-refractivity contribution in [3.05, 3.63) is 53.1 Å². The van der Waals surface area contributed by atoms with Crippen LogP contribution in [0.3, 0.4) is 0 Å². The van der Waals surface area contributed by atoms with Gasteiger partial charge in [0.25, 0.3) is 0 Å². The fourth-order valence-corrected chi connectivity index (χ4v) is 2.91. The van der Waals surface area contributed by atoms with Gasteiger partial charge in [-0.05, 0) is 38.5 Å². The summed E-state index contributed by atoms with van der Waals surface area (Å²) < 4.78 is 0. The van der Waals surface area contributed by atoms with Crippen LogP contribution >= 0.6 is 23.2 Å². The zero-order chi connectivity index (χ0) is 17.6. The number of halogens is 2. The van der Waals surface area contributed by atoms with Crippen molar-refractivity contribution in [2.24, 2.45) is 0 Å². The van der Waals surface area contributed by atoms with Gasteiger partial charge in [-0.2, -0.15) is 0 Å². The summed E-state index contributed by atoms with van der Waals surface area (Å²) in [5, 5.41) is 14.6. The number of aliphatic hydroxyl groups is 1. The molecule has 0 aliphatic rings. The molecule has 1 unspecified atom stereocenters. The first-order chi connectivity index (χ1) is 10.7. The molecule has 0 bridgehead atoms. The molecule has 23 heavy (non-hydrogen) atoms. The Kier molecular flexibility index (Phi) is 7.62. The predicted molar refractivity (Wildman–Crippen MR) is 102 cm³/mol. The number of hydrogen-bond donors (Lipinski definition) is 2. The van der Waals surface area contributed by atoms with E-state index in [1.54, 1.807) is 24.3 Å². The molecule has 0 saturated heterocycles. The summed E-state index contributed by atoms with van der Waals surface area (Å²) in [6.07, 6.45) is 2.89. The van der Waals surface area contributed by atoms with E-state index in [0.717, 1.165) is 5.69 Å². The number of nitrogens with one attached hydrogen (secondary N) is 1. The van der Waals surface area contributed by atoms with Crippen LogP contribution in [0.5, 0.6) is 0 Å². The topological polar surface area (TPSA) is 35.5 Å². The number of nitrogens with zero attached hydrogens (tertiary/aromatic N) is 1. The van der Waals surface area contributed by atoms with Gasteiger partial charge in [-0.25, -0.2) is 0 Å². The van der Waals surface area contributed by atoms with Gasteiger partial charge < -0.3 is 15.3 Å². The number of hydrogen-bond acceptors (Lipinski definition) is 3. The normalized spacial score (nSPS) is 12.8. The third-order valence-corrected chi connectivity index (χ3v) is 3.84. The smallest absolute Gasteiger partial charge is 0.0915 e. The molecule has 5 heteroatoms. The molecule has 0 aromatic heterocycles. The number of benzene rings is 1. The van der Waals surface area contributed by atoms with Crippen LogP contribution in [0.1, 0.15) is 32.4 Å². The summed E-state index contributed by atoms with van der Waals surface area (Å²) >= 11 is 12.8. The second-order valence-corrected chi connectivity index (χ2v) is 7.28. The van der Waals surface area contributed by atoms with Crippen molar-refractivity contribution in [2.75, 3.05) is 24.5 Å². The Labute approximate surface area is 149 Å². The summed E-state index contributed by atoms with van der Waals surface area (Å²) in [5.74, 6) is 0. The minimum atomic E-state index is -0.675. The maximum absolute atomic E-state index is 10.3. The largest absolute Gasteiger partial charge is 0.387 e. The third-order valence-electron chi connectivity index (χ3n) is 3.26. The average molecular weight is 357 g/mol. The van der Waals surface area contributed by atoms with E-state index in [0.29, 0.717) is 35.2 Å². The van der Waals surface area contributed by atoms with E-state index < -0.39 is 6.10 Å². The number of rotatable bonds is 8. The molecular formula is C18H26Cl2N2O. The molecule has 0 radical (unpaired) electrons. The first-order valence-electron chi connectivity index (χ1n) is 7.58. The Morgan fingerprint density at radius 2 is 1.65 bits per heavy atom. The van der Waals surface area contributed by atoms with Crippen LogP contribution in [0.15, 0.2) is 37.4 Å². The van der Waals surface area contributed by atoms with Gasteiger partial charge in [-0.15, -0.1) is 13.2 Å². The molecule has 1 aromatic carbocycles. The van der Waals surface area contributed by atoms with Gasteiger partial charge >= 0.3 is 0 Å². The molecule has 1 rings (SSSR count). The van der Waals surface area contributed by atoms with Crippen LogP contribution in [-0.4, -0.2) is 30.3 Å². The maximum Gasteiger partial charge on any atom is 0.0915 e. The Bertz CT molecular complexity index is 519. The van der Waals surface area contributed by atoms with Gasteiger partial charge in [0, 0.05) is 25.2 Å². The molecule has 0 amide bonds. The van der Waals surface area contributed by atoms with Crippen LogP contribution in [0, 0.1) is 0 Å². The van der Waals surface area contributed by atoms with Gasteiger partial charge in [0.1, 0.15) is 0 Å². The molecule has 1 aromatic rings.